The van der Waals surface area contributed by atoms with Gasteiger partial charge in [-0.3, -0.25) is 0 Å². The Kier molecular flexibility index (Phi) is 4.65. The summed E-state index contributed by atoms with van der Waals surface area (Å²) in [4.78, 5) is 4.27. The molecule has 2 heteroatoms. The Morgan fingerprint density at radius 3 is 2.58 bits per heavy atom. The minimum atomic E-state index is 1.18. The van der Waals surface area contributed by atoms with Crippen molar-refractivity contribution in [3.05, 3.63) is 41.0 Å². The van der Waals surface area contributed by atoms with Crippen molar-refractivity contribution < 1.29 is 4.90 Å². The van der Waals surface area contributed by atoms with Gasteiger partial charge < -0.3 is 9.80 Å². The molecule has 1 aliphatic heterocycles. The Bertz CT molecular complexity index is 454. The van der Waals surface area contributed by atoms with Crippen LogP contribution in [0.15, 0.2) is 29.8 Å². The summed E-state index contributed by atoms with van der Waals surface area (Å²) in [6.45, 7) is 14.8. The molecule has 0 radical (unpaired) electrons. The van der Waals surface area contributed by atoms with Gasteiger partial charge in [0, 0.05) is 5.69 Å². The van der Waals surface area contributed by atoms with Crippen LogP contribution in [-0.2, 0) is 0 Å². The first-order valence-electron chi connectivity index (χ1n) is 7.37. The van der Waals surface area contributed by atoms with E-state index in [4.69, 9.17) is 0 Å². The smallest absolute Gasteiger partial charge is 0.0985 e. The van der Waals surface area contributed by atoms with Crippen LogP contribution in [0.5, 0.6) is 0 Å². The highest BCUT2D eigenvalue weighted by Gasteiger charge is 2.21. The number of piperazine rings is 1. The summed E-state index contributed by atoms with van der Waals surface area (Å²) in [5, 5.41) is 0. The Morgan fingerprint density at radius 2 is 1.95 bits per heavy atom. The average Bonchev–Trinajstić information content (AvgIpc) is 2.42. The molecule has 1 N–H and O–H groups in total. The van der Waals surface area contributed by atoms with Gasteiger partial charge in [0.15, 0.2) is 0 Å². The molecule has 0 spiro atoms. The Labute approximate surface area is 117 Å². The van der Waals surface area contributed by atoms with E-state index >= 15 is 0 Å². The molecule has 0 bridgehead atoms. The van der Waals surface area contributed by atoms with Crippen molar-refractivity contribution in [1.82, 2.24) is 0 Å². The second-order valence-corrected chi connectivity index (χ2v) is 5.84. The standard InChI is InChI=1S/C17H26N2/c1-5-14(2)13-18-8-10-19(11-9-18)17-12-15(3)6-7-16(17)4/h5-7,12H,8-11,13H2,1-4H3/p+1/b14-5+. The van der Waals surface area contributed by atoms with Gasteiger partial charge in [-0.05, 0) is 50.5 Å². The van der Waals surface area contributed by atoms with E-state index in [-0.39, 0.29) is 0 Å². The van der Waals surface area contributed by atoms with E-state index in [1.807, 2.05) is 0 Å². The van der Waals surface area contributed by atoms with Crippen LogP contribution < -0.4 is 9.80 Å². The van der Waals surface area contributed by atoms with Crippen molar-refractivity contribution in [2.24, 2.45) is 0 Å². The number of nitrogens with zero attached hydrogens (tertiary/aromatic N) is 1. The number of hydrogen-bond donors (Lipinski definition) is 1. The molecule has 1 fully saturated rings. The Balaban J connectivity index is 1.98. The predicted octanol–water partition coefficient (Wildman–Crippen LogP) is 1.97. The molecular weight excluding hydrogens is 232 g/mol. The maximum atomic E-state index is 2.55. The number of quaternary nitrogens is 1. The summed E-state index contributed by atoms with van der Waals surface area (Å²) in [7, 11) is 0. The van der Waals surface area contributed by atoms with Gasteiger partial charge in [-0.15, -0.1) is 0 Å². The van der Waals surface area contributed by atoms with Gasteiger partial charge >= 0.3 is 0 Å². The topological polar surface area (TPSA) is 7.68 Å². The highest BCUT2D eigenvalue weighted by atomic mass is 15.3. The molecule has 0 atom stereocenters. The minimum Gasteiger partial charge on any atom is -0.360 e. The lowest BCUT2D eigenvalue weighted by molar-refractivity contribution is -0.895. The Hall–Kier alpha value is -1.28. The summed E-state index contributed by atoms with van der Waals surface area (Å²) in [6, 6.07) is 6.78. The third kappa shape index (κ3) is 3.60. The van der Waals surface area contributed by atoms with Crippen LogP contribution in [0.2, 0.25) is 0 Å². The zero-order valence-corrected chi connectivity index (χ0v) is 12.8. The van der Waals surface area contributed by atoms with Crippen molar-refractivity contribution in [1.29, 1.82) is 0 Å². The van der Waals surface area contributed by atoms with Crippen LogP contribution >= 0.6 is 0 Å². The molecule has 0 aliphatic carbocycles. The van der Waals surface area contributed by atoms with Gasteiger partial charge in [-0.2, -0.15) is 0 Å². The lowest BCUT2D eigenvalue weighted by Crippen LogP contribution is -3.15. The molecule has 1 saturated heterocycles. The van der Waals surface area contributed by atoms with Crippen molar-refractivity contribution in [3.63, 3.8) is 0 Å². The quantitative estimate of drug-likeness (QED) is 0.816. The predicted molar refractivity (Wildman–Crippen MR) is 83.1 cm³/mol. The van der Waals surface area contributed by atoms with E-state index in [9.17, 15) is 0 Å². The van der Waals surface area contributed by atoms with Crippen LogP contribution in [0, 0.1) is 13.8 Å². The lowest BCUT2D eigenvalue weighted by atomic mass is 10.1. The highest BCUT2D eigenvalue weighted by Crippen LogP contribution is 2.21. The summed E-state index contributed by atoms with van der Waals surface area (Å²) < 4.78 is 0. The second kappa shape index (κ2) is 6.25. The Morgan fingerprint density at radius 1 is 1.26 bits per heavy atom. The molecule has 2 nitrogen and oxygen atoms in total. The normalized spacial score (nSPS) is 17.9. The van der Waals surface area contributed by atoms with Gasteiger partial charge in [0.2, 0.25) is 0 Å². The maximum Gasteiger partial charge on any atom is 0.0985 e. The molecule has 2 rings (SSSR count). The van der Waals surface area contributed by atoms with Gasteiger partial charge in [0.1, 0.15) is 0 Å². The van der Waals surface area contributed by atoms with Crippen molar-refractivity contribution in [2.75, 3.05) is 37.6 Å². The number of anilines is 1. The van der Waals surface area contributed by atoms with E-state index in [0.29, 0.717) is 0 Å². The van der Waals surface area contributed by atoms with Gasteiger partial charge in [0.05, 0.1) is 32.7 Å². The number of hydrogen-bond acceptors (Lipinski definition) is 1. The van der Waals surface area contributed by atoms with Crippen LogP contribution in [0.3, 0.4) is 0 Å². The minimum absolute atomic E-state index is 1.18. The molecular formula is C17H27N2+. The molecule has 0 saturated carbocycles. The lowest BCUT2D eigenvalue weighted by Gasteiger charge is -2.34. The largest absolute Gasteiger partial charge is 0.360 e. The van der Waals surface area contributed by atoms with Gasteiger partial charge in [-0.1, -0.05) is 18.2 Å². The van der Waals surface area contributed by atoms with Crippen LogP contribution in [0.4, 0.5) is 5.69 Å². The molecule has 19 heavy (non-hydrogen) atoms. The van der Waals surface area contributed by atoms with Crippen molar-refractivity contribution in [3.8, 4) is 0 Å². The first-order valence-corrected chi connectivity index (χ1v) is 7.37. The van der Waals surface area contributed by atoms with Crippen LogP contribution in [0.25, 0.3) is 0 Å². The van der Waals surface area contributed by atoms with E-state index in [1.54, 1.807) is 4.90 Å². The number of benzene rings is 1. The van der Waals surface area contributed by atoms with Crippen LogP contribution in [0.1, 0.15) is 25.0 Å². The first kappa shape index (κ1) is 14.1. The fraction of sp³-hybridized carbons (Fsp3) is 0.529. The van der Waals surface area contributed by atoms with E-state index in [1.165, 1.54) is 55.1 Å². The zero-order valence-electron chi connectivity index (χ0n) is 12.8. The third-order valence-corrected chi connectivity index (χ3v) is 4.20. The SMILES string of the molecule is C/C=C(\C)C[NH+]1CCN(c2cc(C)ccc2C)CC1. The molecule has 0 amide bonds. The van der Waals surface area contributed by atoms with Crippen molar-refractivity contribution >= 4 is 5.69 Å². The monoisotopic (exact) mass is 259 g/mol. The summed E-state index contributed by atoms with van der Waals surface area (Å²) in [5.74, 6) is 0. The number of aryl methyl sites for hydroxylation is 2. The molecule has 1 heterocycles. The number of rotatable bonds is 3. The van der Waals surface area contributed by atoms with Crippen molar-refractivity contribution in [2.45, 2.75) is 27.7 Å². The van der Waals surface area contributed by atoms with E-state index in [0.717, 1.165) is 0 Å². The maximum absolute atomic E-state index is 2.55. The van der Waals surface area contributed by atoms with Gasteiger partial charge in [-0.25, -0.2) is 0 Å². The summed E-state index contributed by atoms with van der Waals surface area (Å²) in [5.41, 5.74) is 5.70. The first-order chi connectivity index (χ1) is 9.10. The second-order valence-electron chi connectivity index (χ2n) is 5.84. The van der Waals surface area contributed by atoms with Gasteiger partial charge in [0.25, 0.3) is 0 Å². The molecule has 0 unspecified atom stereocenters. The molecule has 104 valence electrons. The fourth-order valence-corrected chi connectivity index (χ4v) is 2.80. The zero-order chi connectivity index (χ0) is 13.8. The van der Waals surface area contributed by atoms with E-state index < -0.39 is 0 Å². The summed E-state index contributed by atoms with van der Waals surface area (Å²) in [6.07, 6.45) is 2.24. The number of allylic oxidation sites excluding steroid dienone is 1. The molecule has 1 aliphatic rings. The average molecular weight is 259 g/mol. The molecule has 1 aromatic rings. The van der Waals surface area contributed by atoms with Crippen LogP contribution in [-0.4, -0.2) is 32.7 Å². The molecule has 1 aromatic carbocycles. The number of nitrogens with one attached hydrogen (secondary N) is 1. The fourth-order valence-electron chi connectivity index (χ4n) is 2.80. The summed E-state index contributed by atoms with van der Waals surface area (Å²) >= 11 is 0. The van der Waals surface area contributed by atoms with E-state index in [2.05, 4.69) is 56.9 Å². The highest BCUT2D eigenvalue weighted by molar-refractivity contribution is 5.55. The molecule has 0 aromatic heterocycles. The third-order valence-electron chi connectivity index (χ3n) is 4.20.